The van der Waals surface area contributed by atoms with Gasteiger partial charge in [0.2, 0.25) is 0 Å². The van der Waals surface area contributed by atoms with Gasteiger partial charge in [0.25, 0.3) is 10.0 Å². The van der Waals surface area contributed by atoms with Gasteiger partial charge in [-0.25, -0.2) is 8.42 Å². The summed E-state index contributed by atoms with van der Waals surface area (Å²) in [5.74, 6) is 0.586. The zero-order valence-corrected chi connectivity index (χ0v) is 14.1. The second-order valence-electron chi connectivity index (χ2n) is 6.91. The van der Waals surface area contributed by atoms with E-state index in [0.717, 1.165) is 49.9 Å². The molecule has 1 aromatic carbocycles. The summed E-state index contributed by atoms with van der Waals surface area (Å²) in [6, 6.07) is 3.96. The first-order valence-corrected chi connectivity index (χ1v) is 9.48. The van der Waals surface area contributed by atoms with E-state index in [2.05, 4.69) is 11.6 Å². The lowest BCUT2D eigenvalue weighted by atomic mass is 9.69. The van der Waals surface area contributed by atoms with Crippen molar-refractivity contribution in [3.8, 4) is 0 Å². The molecule has 2 aliphatic rings. The summed E-state index contributed by atoms with van der Waals surface area (Å²) >= 11 is 0. The molecule has 1 unspecified atom stereocenters. The molecule has 2 fully saturated rings. The van der Waals surface area contributed by atoms with Gasteiger partial charge in [-0.05, 0) is 55.9 Å². The van der Waals surface area contributed by atoms with Crippen LogP contribution in [0.25, 0.3) is 0 Å². The van der Waals surface area contributed by atoms with Gasteiger partial charge in [-0.15, -0.1) is 0 Å². The quantitative estimate of drug-likeness (QED) is 0.883. The molecule has 24 heavy (non-hydrogen) atoms. The largest absolute Gasteiger partial charge is 0.416 e. The highest BCUT2D eigenvalue weighted by atomic mass is 32.2. The van der Waals surface area contributed by atoms with Crippen molar-refractivity contribution in [3.63, 3.8) is 0 Å². The van der Waals surface area contributed by atoms with E-state index in [0.29, 0.717) is 12.5 Å². The highest BCUT2D eigenvalue weighted by Gasteiger charge is 2.56. The number of sulfonamides is 1. The predicted octanol–water partition coefficient (Wildman–Crippen LogP) is 4.00. The van der Waals surface area contributed by atoms with E-state index in [4.69, 9.17) is 4.74 Å². The molecule has 8 heteroatoms. The van der Waals surface area contributed by atoms with Crippen molar-refractivity contribution in [1.82, 2.24) is 0 Å². The molecule has 0 aromatic heterocycles. The van der Waals surface area contributed by atoms with Crippen LogP contribution in [0.5, 0.6) is 0 Å². The number of benzene rings is 1. The van der Waals surface area contributed by atoms with Crippen molar-refractivity contribution in [2.24, 2.45) is 11.3 Å². The van der Waals surface area contributed by atoms with Crippen molar-refractivity contribution < 1.29 is 26.3 Å². The van der Waals surface area contributed by atoms with Crippen molar-refractivity contribution in [2.45, 2.75) is 44.2 Å². The molecule has 1 aliphatic carbocycles. The van der Waals surface area contributed by atoms with Gasteiger partial charge in [0.15, 0.2) is 5.44 Å². The van der Waals surface area contributed by atoms with Gasteiger partial charge in [-0.2, -0.15) is 13.2 Å². The fourth-order valence-electron chi connectivity index (χ4n) is 3.47. The summed E-state index contributed by atoms with van der Waals surface area (Å²) in [4.78, 5) is 0. The minimum atomic E-state index is -4.45. The van der Waals surface area contributed by atoms with Gasteiger partial charge < -0.3 is 4.74 Å². The van der Waals surface area contributed by atoms with Crippen molar-refractivity contribution in [3.05, 3.63) is 29.8 Å². The minimum absolute atomic E-state index is 0.109. The standard InChI is InChI=1S/C16H20F3NO3S/c1-11-6-8-15(9-7-11)10-23-14(15)24(21,22)20-13-4-2-12(3-5-13)16(17,18)19/h2-5,11,14,20H,6-10H2,1H3. The number of rotatable bonds is 3. The highest BCUT2D eigenvalue weighted by Crippen LogP contribution is 2.50. The van der Waals surface area contributed by atoms with Crippen LogP contribution < -0.4 is 4.72 Å². The Labute approximate surface area is 139 Å². The van der Waals surface area contributed by atoms with Gasteiger partial charge in [0.05, 0.1) is 12.2 Å². The molecule has 0 amide bonds. The summed E-state index contributed by atoms with van der Waals surface area (Å²) in [5, 5.41) is 0. The van der Waals surface area contributed by atoms with Crippen LogP contribution in [0.2, 0.25) is 0 Å². The Morgan fingerprint density at radius 3 is 2.21 bits per heavy atom. The van der Waals surface area contributed by atoms with Gasteiger partial charge in [-0.1, -0.05) is 6.92 Å². The van der Waals surface area contributed by atoms with Gasteiger partial charge >= 0.3 is 6.18 Å². The SMILES string of the molecule is CC1CCC2(CC1)COC2S(=O)(=O)Nc1ccc(C(F)(F)F)cc1. The molecule has 1 N–H and O–H groups in total. The number of anilines is 1. The van der Waals surface area contributed by atoms with Crippen LogP contribution in [0, 0.1) is 11.3 Å². The number of hydrogen-bond acceptors (Lipinski definition) is 3. The monoisotopic (exact) mass is 363 g/mol. The number of hydrogen-bond donors (Lipinski definition) is 1. The van der Waals surface area contributed by atoms with Gasteiger partial charge in [0, 0.05) is 11.1 Å². The number of ether oxygens (including phenoxy) is 1. The van der Waals surface area contributed by atoms with Crippen LogP contribution in [0.3, 0.4) is 0 Å². The first-order valence-electron chi connectivity index (χ1n) is 7.93. The molecule has 1 atom stereocenters. The average molecular weight is 363 g/mol. The van der Waals surface area contributed by atoms with E-state index in [1.54, 1.807) is 0 Å². The van der Waals surface area contributed by atoms with E-state index >= 15 is 0 Å². The summed E-state index contributed by atoms with van der Waals surface area (Å²) < 4.78 is 70.5. The van der Waals surface area contributed by atoms with E-state index in [9.17, 15) is 21.6 Å². The molecule has 1 spiro atoms. The third-order valence-electron chi connectivity index (χ3n) is 5.05. The summed E-state index contributed by atoms with van der Waals surface area (Å²) in [6.45, 7) is 2.58. The topological polar surface area (TPSA) is 55.4 Å². The molecule has 134 valence electrons. The van der Waals surface area contributed by atoms with Crippen LogP contribution in [-0.4, -0.2) is 20.5 Å². The minimum Gasteiger partial charge on any atom is -0.359 e. The molecule has 1 aliphatic heterocycles. The first kappa shape index (κ1) is 17.5. The molecule has 0 radical (unpaired) electrons. The molecular weight excluding hydrogens is 343 g/mol. The fourth-order valence-corrected chi connectivity index (χ4v) is 5.25. The molecule has 1 saturated carbocycles. The van der Waals surface area contributed by atoms with E-state index in [1.165, 1.54) is 0 Å². The summed E-state index contributed by atoms with van der Waals surface area (Å²) in [7, 11) is -3.80. The first-order chi connectivity index (χ1) is 11.1. The maximum absolute atomic E-state index is 12.6. The highest BCUT2D eigenvalue weighted by molar-refractivity contribution is 7.93. The van der Waals surface area contributed by atoms with Gasteiger partial charge in [0.1, 0.15) is 0 Å². The lowest BCUT2D eigenvalue weighted by Gasteiger charge is -2.51. The van der Waals surface area contributed by atoms with Crippen molar-refractivity contribution in [2.75, 3.05) is 11.3 Å². The Morgan fingerprint density at radius 1 is 1.17 bits per heavy atom. The zero-order chi connectivity index (χ0) is 17.6. The number of alkyl halides is 3. The molecule has 1 saturated heterocycles. The predicted molar refractivity (Wildman–Crippen MR) is 83.8 cm³/mol. The smallest absolute Gasteiger partial charge is 0.359 e. The third kappa shape index (κ3) is 3.26. The van der Waals surface area contributed by atoms with Gasteiger partial charge in [-0.3, -0.25) is 4.72 Å². The summed E-state index contributed by atoms with van der Waals surface area (Å²) in [5.41, 5.74) is -2.00. The average Bonchev–Trinajstić information content (AvgIpc) is 2.45. The molecule has 3 rings (SSSR count). The van der Waals surface area contributed by atoms with E-state index < -0.39 is 27.2 Å². The number of nitrogens with one attached hydrogen (secondary N) is 1. The Balaban J connectivity index is 1.72. The van der Waals surface area contributed by atoms with E-state index in [-0.39, 0.29) is 11.1 Å². The van der Waals surface area contributed by atoms with Crippen LogP contribution in [0.4, 0.5) is 18.9 Å². The Hall–Kier alpha value is -1.28. The lowest BCUT2D eigenvalue weighted by molar-refractivity contribution is -0.162. The number of halogens is 3. The molecular formula is C16H20F3NO3S. The second-order valence-corrected chi connectivity index (χ2v) is 8.63. The van der Waals surface area contributed by atoms with Crippen LogP contribution in [0.1, 0.15) is 38.2 Å². The molecule has 0 bridgehead atoms. The summed E-state index contributed by atoms with van der Waals surface area (Å²) in [6.07, 6.45) is -0.915. The third-order valence-corrected chi connectivity index (χ3v) is 6.77. The normalized spacial score (nSPS) is 30.8. The maximum Gasteiger partial charge on any atom is 0.416 e. The fraction of sp³-hybridized carbons (Fsp3) is 0.625. The Bertz CT molecular complexity index is 692. The Kier molecular flexibility index (Phi) is 4.32. The Morgan fingerprint density at radius 2 is 1.75 bits per heavy atom. The lowest BCUT2D eigenvalue weighted by Crippen LogP contribution is -2.58. The zero-order valence-electron chi connectivity index (χ0n) is 13.3. The maximum atomic E-state index is 12.6. The van der Waals surface area contributed by atoms with Crippen LogP contribution in [0.15, 0.2) is 24.3 Å². The molecule has 1 heterocycles. The second kappa shape index (κ2) is 5.91. The van der Waals surface area contributed by atoms with E-state index in [1.807, 2.05) is 0 Å². The van der Waals surface area contributed by atoms with Crippen LogP contribution in [-0.2, 0) is 20.9 Å². The van der Waals surface area contributed by atoms with Crippen LogP contribution >= 0.6 is 0 Å². The molecule has 4 nitrogen and oxygen atoms in total. The molecule has 1 aromatic rings. The van der Waals surface area contributed by atoms with Crippen molar-refractivity contribution in [1.29, 1.82) is 0 Å². The van der Waals surface area contributed by atoms with Crippen molar-refractivity contribution >= 4 is 15.7 Å².